The predicted molar refractivity (Wildman–Crippen MR) is 117 cm³/mol. The summed E-state index contributed by atoms with van der Waals surface area (Å²) < 4.78 is 26.9. The maximum atomic E-state index is 12.4. The Balaban J connectivity index is 1.55. The van der Waals surface area contributed by atoms with Crippen molar-refractivity contribution in [2.24, 2.45) is 0 Å². The second-order valence-corrected chi connectivity index (χ2v) is 8.69. The topological polar surface area (TPSA) is 78.5 Å². The summed E-state index contributed by atoms with van der Waals surface area (Å²) in [5, 5.41) is 4.20. The molecule has 1 saturated heterocycles. The maximum absolute atomic E-state index is 12.4. The van der Waals surface area contributed by atoms with Crippen LogP contribution in [0.5, 0.6) is 0 Å². The summed E-state index contributed by atoms with van der Waals surface area (Å²) in [7, 11) is -3.63. The van der Waals surface area contributed by atoms with Gasteiger partial charge in [-0.15, -0.1) is 0 Å². The Kier molecular flexibility index (Phi) is 7.06. The van der Waals surface area contributed by atoms with Gasteiger partial charge in [0.15, 0.2) is 0 Å². The summed E-state index contributed by atoms with van der Waals surface area (Å²) in [4.78, 5) is 14.8. The average molecular weight is 414 g/mol. The summed E-state index contributed by atoms with van der Waals surface area (Å²) in [5.41, 5.74) is 1.73. The number of benzene rings is 2. The van der Waals surface area contributed by atoms with E-state index in [1.807, 2.05) is 30.3 Å². The molecule has 6 nitrogen and oxygen atoms in total. The summed E-state index contributed by atoms with van der Waals surface area (Å²) in [6.45, 7) is 5.18. The van der Waals surface area contributed by atoms with Crippen LogP contribution < -0.4 is 10.0 Å². The van der Waals surface area contributed by atoms with Gasteiger partial charge in [0.05, 0.1) is 5.41 Å². The molecule has 2 aromatic carbocycles. The van der Waals surface area contributed by atoms with Crippen LogP contribution in [0, 0.1) is 0 Å². The first-order chi connectivity index (χ1) is 13.9. The van der Waals surface area contributed by atoms with Gasteiger partial charge in [0, 0.05) is 30.4 Å². The van der Waals surface area contributed by atoms with Crippen molar-refractivity contribution in [1.29, 1.82) is 0 Å². The van der Waals surface area contributed by atoms with Gasteiger partial charge >= 0.3 is 0 Å². The van der Waals surface area contributed by atoms with Crippen LogP contribution in [0.3, 0.4) is 0 Å². The van der Waals surface area contributed by atoms with Gasteiger partial charge in [-0.1, -0.05) is 37.3 Å². The monoisotopic (exact) mass is 413 g/mol. The number of nitrogens with zero attached hydrogens (tertiary/aromatic N) is 1. The fourth-order valence-electron chi connectivity index (χ4n) is 3.28. The molecule has 7 heteroatoms. The lowest BCUT2D eigenvalue weighted by atomic mass is 10.0. The number of sulfonamides is 1. The summed E-state index contributed by atoms with van der Waals surface area (Å²) >= 11 is 0. The van der Waals surface area contributed by atoms with Crippen molar-refractivity contribution in [2.75, 3.05) is 24.4 Å². The molecule has 0 aliphatic carbocycles. The molecule has 0 spiro atoms. The van der Waals surface area contributed by atoms with Gasteiger partial charge in [0.1, 0.15) is 0 Å². The molecular formula is C22H27N3O3S. The minimum Gasteiger partial charge on any atom is -0.349 e. The molecule has 3 rings (SSSR count). The lowest BCUT2D eigenvalue weighted by molar-refractivity contribution is 0.0912. The van der Waals surface area contributed by atoms with E-state index in [2.05, 4.69) is 21.9 Å². The lowest BCUT2D eigenvalue weighted by Gasteiger charge is -2.31. The van der Waals surface area contributed by atoms with Gasteiger partial charge in [-0.3, -0.25) is 9.52 Å². The molecule has 0 saturated carbocycles. The van der Waals surface area contributed by atoms with Crippen molar-refractivity contribution >= 4 is 27.7 Å². The largest absolute Gasteiger partial charge is 0.349 e. The van der Waals surface area contributed by atoms with E-state index in [9.17, 15) is 13.2 Å². The van der Waals surface area contributed by atoms with Gasteiger partial charge in [-0.05, 0) is 55.3 Å². The minimum absolute atomic E-state index is 0.127. The van der Waals surface area contributed by atoms with Gasteiger partial charge in [0.2, 0.25) is 0 Å². The predicted octanol–water partition coefficient (Wildman–Crippen LogP) is 3.31. The quantitative estimate of drug-likeness (QED) is 0.730. The fraction of sp³-hybridized carbons (Fsp3) is 0.318. The van der Waals surface area contributed by atoms with Crippen molar-refractivity contribution in [3.05, 3.63) is 71.1 Å². The Labute approximate surface area is 172 Å². The highest BCUT2D eigenvalue weighted by atomic mass is 32.2. The SMILES string of the molecule is CCN1CCC(NC(=O)c2ccc(NS(=O)(=O)/C=C/c3ccccc3)cc2)CC1. The zero-order chi connectivity index (χ0) is 20.7. The van der Waals surface area contributed by atoms with Crippen molar-refractivity contribution < 1.29 is 13.2 Å². The number of nitrogens with one attached hydrogen (secondary N) is 2. The zero-order valence-electron chi connectivity index (χ0n) is 16.5. The van der Waals surface area contributed by atoms with E-state index in [4.69, 9.17) is 0 Å². The van der Waals surface area contributed by atoms with Gasteiger partial charge in [-0.25, -0.2) is 8.42 Å². The van der Waals surface area contributed by atoms with Crippen molar-refractivity contribution in [3.8, 4) is 0 Å². The van der Waals surface area contributed by atoms with Crippen molar-refractivity contribution in [1.82, 2.24) is 10.2 Å². The molecule has 1 aliphatic heterocycles. The second-order valence-electron chi connectivity index (χ2n) is 7.12. The fourth-order valence-corrected chi connectivity index (χ4v) is 4.15. The number of likely N-dealkylation sites (tertiary alicyclic amines) is 1. The molecule has 1 aliphatic rings. The maximum Gasteiger partial charge on any atom is 0.255 e. The van der Waals surface area contributed by atoms with E-state index < -0.39 is 10.0 Å². The Morgan fingerprint density at radius 1 is 1.07 bits per heavy atom. The van der Waals surface area contributed by atoms with Crippen molar-refractivity contribution in [3.63, 3.8) is 0 Å². The first-order valence-electron chi connectivity index (χ1n) is 9.84. The van der Waals surface area contributed by atoms with E-state index in [0.29, 0.717) is 11.3 Å². The number of carbonyl (C=O) groups is 1. The van der Waals surface area contributed by atoms with Crippen LogP contribution in [0.15, 0.2) is 60.0 Å². The van der Waals surface area contributed by atoms with Crippen LogP contribution in [-0.2, 0) is 10.0 Å². The molecule has 2 aromatic rings. The average Bonchev–Trinajstić information content (AvgIpc) is 2.74. The van der Waals surface area contributed by atoms with Crippen LogP contribution in [0.4, 0.5) is 5.69 Å². The number of anilines is 1. The van der Waals surface area contributed by atoms with Gasteiger partial charge in [-0.2, -0.15) is 0 Å². The van der Waals surface area contributed by atoms with E-state index >= 15 is 0 Å². The molecule has 0 atom stereocenters. The molecule has 1 fully saturated rings. The van der Waals surface area contributed by atoms with E-state index in [-0.39, 0.29) is 11.9 Å². The van der Waals surface area contributed by atoms with E-state index in [1.165, 1.54) is 6.08 Å². The molecular weight excluding hydrogens is 386 g/mol. The first-order valence-corrected chi connectivity index (χ1v) is 11.4. The molecule has 2 N–H and O–H groups in total. The van der Waals surface area contributed by atoms with Gasteiger partial charge < -0.3 is 10.2 Å². The number of amides is 1. The Morgan fingerprint density at radius 3 is 2.34 bits per heavy atom. The van der Waals surface area contributed by atoms with E-state index in [0.717, 1.165) is 43.4 Å². The number of hydrogen-bond acceptors (Lipinski definition) is 4. The minimum atomic E-state index is -3.63. The first kappa shape index (κ1) is 21.1. The molecule has 0 radical (unpaired) electrons. The lowest BCUT2D eigenvalue weighted by Crippen LogP contribution is -2.44. The van der Waals surface area contributed by atoms with Crippen LogP contribution >= 0.6 is 0 Å². The molecule has 154 valence electrons. The third kappa shape index (κ3) is 6.44. The van der Waals surface area contributed by atoms with Crippen LogP contribution in [0.25, 0.3) is 6.08 Å². The summed E-state index contributed by atoms with van der Waals surface area (Å²) in [6.07, 6.45) is 3.43. The van der Waals surface area contributed by atoms with Gasteiger partial charge in [0.25, 0.3) is 15.9 Å². The Bertz CT molecular complexity index is 933. The smallest absolute Gasteiger partial charge is 0.255 e. The zero-order valence-corrected chi connectivity index (χ0v) is 17.4. The third-order valence-electron chi connectivity index (χ3n) is 5.02. The number of rotatable bonds is 7. The Hall–Kier alpha value is -2.64. The third-order valence-corrected chi connectivity index (χ3v) is 6.03. The molecule has 0 unspecified atom stereocenters. The van der Waals surface area contributed by atoms with E-state index in [1.54, 1.807) is 24.3 Å². The normalized spacial score (nSPS) is 16.0. The summed E-state index contributed by atoms with van der Waals surface area (Å²) in [6, 6.07) is 15.9. The van der Waals surface area contributed by atoms with Crippen LogP contribution in [-0.4, -0.2) is 44.9 Å². The molecule has 1 heterocycles. The number of piperidine rings is 1. The number of carbonyl (C=O) groups excluding carboxylic acids is 1. The molecule has 0 aromatic heterocycles. The van der Waals surface area contributed by atoms with Crippen molar-refractivity contribution in [2.45, 2.75) is 25.8 Å². The Morgan fingerprint density at radius 2 is 1.72 bits per heavy atom. The molecule has 1 amide bonds. The number of hydrogen-bond donors (Lipinski definition) is 2. The highest BCUT2D eigenvalue weighted by Crippen LogP contribution is 2.15. The highest BCUT2D eigenvalue weighted by Gasteiger charge is 2.20. The van der Waals surface area contributed by atoms with Crippen LogP contribution in [0.2, 0.25) is 0 Å². The highest BCUT2D eigenvalue weighted by molar-refractivity contribution is 7.95. The standard InChI is InChI=1S/C22H27N3O3S/c1-2-25-15-12-20(13-16-25)23-22(26)19-8-10-21(11-9-19)24-29(27,28)17-14-18-6-4-3-5-7-18/h3-11,14,17,20,24H,2,12-13,15-16H2,1H3,(H,23,26)/b17-14+. The molecule has 29 heavy (non-hydrogen) atoms. The molecule has 0 bridgehead atoms. The summed E-state index contributed by atoms with van der Waals surface area (Å²) in [5.74, 6) is -0.127. The van der Waals surface area contributed by atoms with Crippen LogP contribution in [0.1, 0.15) is 35.7 Å². The second kappa shape index (κ2) is 9.71.